The van der Waals surface area contributed by atoms with Gasteiger partial charge in [0.2, 0.25) is 5.91 Å². The molecule has 26 heavy (non-hydrogen) atoms. The number of allylic oxidation sites excluding steroid dienone is 1. The lowest BCUT2D eigenvalue weighted by Crippen LogP contribution is -2.25. The first-order valence-corrected chi connectivity index (χ1v) is 11.3. The molecule has 154 valence electrons. The highest BCUT2D eigenvalue weighted by Crippen LogP contribution is 2.12. The Bertz CT molecular complexity index is 326. The Kier molecular flexibility index (Phi) is 19.8. The van der Waals surface area contributed by atoms with Gasteiger partial charge in [0.15, 0.2) is 0 Å². The third-order valence-electron chi connectivity index (χ3n) is 4.82. The Morgan fingerprint density at radius 3 is 1.77 bits per heavy atom. The number of hydrogen-bond donors (Lipinski definition) is 1. The van der Waals surface area contributed by atoms with Gasteiger partial charge in [-0.05, 0) is 46.0 Å². The van der Waals surface area contributed by atoms with Crippen molar-refractivity contribution in [1.82, 2.24) is 10.2 Å². The Morgan fingerprint density at radius 1 is 0.769 bits per heavy atom. The Morgan fingerprint density at radius 2 is 1.27 bits per heavy atom. The Balaban J connectivity index is 3.21. The fourth-order valence-corrected chi connectivity index (χ4v) is 3.14. The second kappa shape index (κ2) is 20.5. The second-order valence-corrected chi connectivity index (χ2v) is 7.88. The van der Waals surface area contributed by atoms with E-state index in [-0.39, 0.29) is 5.91 Å². The highest BCUT2D eigenvalue weighted by molar-refractivity contribution is 5.87. The fraction of sp³-hybridized carbons (Fsp3) is 0.870. The van der Waals surface area contributed by atoms with Crippen LogP contribution in [0.1, 0.15) is 103 Å². The summed E-state index contributed by atoms with van der Waals surface area (Å²) >= 11 is 0. The zero-order valence-electron chi connectivity index (χ0n) is 18.0. The topological polar surface area (TPSA) is 32.3 Å². The molecule has 1 N–H and O–H groups in total. The molecule has 0 bridgehead atoms. The van der Waals surface area contributed by atoms with Crippen LogP contribution < -0.4 is 5.32 Å². The average Bonchev–Trinajstić information content (AvgIpc) is 2.62. The Hall–Kier alpha value is -0.830. The van der Waals surface area contributed by atoms with E-state index in [0.29, 0.717) is 0 Å². The van der Waals surface area contributed by atoms with E-state index < -0.39 is 0 Å². The summed E-state index contributed by atoms with van der Waals surface area (Å²) in [4.78, 5) is 13.7. The van der Waals surface area contributed by atoms with Gasteiger partial charge in [0.05, 0.1) is 0 Å². The minimum atomic E-state index is 0.0541. The third-order valence-corrected chi connectivity index (χ3v) is 4.82. The molecule has 0 aromatic rings. The number of amides is 1. The fourth-order valence-electron chi connectivity index (χ4n) is 3.14. The van der Waals surface area contributed by atoms with Gasteiger partial charge in [-0.1, -0.05) is 90.0 Å². The van der Waals surface area contributed by atoms with Gasteiger partial charge < -0.3 is 10.2 Å². The van der Waals surface area contributed by atoms with Crippen LogP contribution in [-0.2, 0) is 4.79 Å². The summed E-state index contributed by atoms with van der Waals surface area (Å²) in [6.45, 7) is 4.06. The standard InChI is InChI=1S/C23H46N2O/c1-4-5-6-7-8-9-10-11-12-13-14-15-16-17-18-20-23(26)24-21-19-22-25(2)3/h18,20H,4-17,19,21-22H2,1-3H3,(H,24,26). The molecule has 0 aromatic heterocycles. The van der Waals surface area contributed by atoms with Crippen LogP contribution in [0, 0.1) is 0 Å². The summed E-state index contributed by atoms with van der Waals surface area (Å²) in [6.07, 6.45) is 23.8. The lowest BCUT2D eigenvalue weighted by atomic mass is 10.0. The van der Waals surface area contributed by atoms with Gasteiger partial charge in [-0.3, -0.25) is 4.79 Å². The van der Waals surface area contributed by atoms with E-state index >= 15 is 0 Å². The predicted octanol–water partition coefficient (Wildman–Crippen LogP) is 6.09. The predicted molar refractivity (Wildman–Crippen MR) is 116 cm³/mol. The van der Waals surface area contributed by atoms with Gasteiger partial charge in [0.1, 0.15) is 0 Å². The molecule has 0 atom stereocenters. The first-order chi connectivity index (χ1) is 12.7. The monoisotopic (exact) mass is 366 g/mol. The van der Waals surface area contributed by atoms with Gasteiger partial charge in [-0.25, -0.2) is 0 Å². The number of nitrogens with one attached hydrogen (secondary N) is 1. The van der Waals surface area contributed by atoms with E-state index in [1.165, 1.54) is 83.5 Å². The molecule has 0 aliphatic heterocycles. The van der Waals surface area contributed by atoms with E-state index in [0.717, 1.165) is 25.9 Å². The summed E-state index contributed by atoms with van der Waals surface area (Å²) in [7, 11) is 4.11. The minimum absolute atomic E-state index is 0.0541. The Labute approximate surface area is 164 Å². The lowest BCUT2D eigenvalue weighted by Gasteiger charge is -2.08. The maximum atomic E-state index is 11.6. The number of rotatable bonds is 19. The third kappa shape index (κ3) is 21.2. The number of carbonyl (C=O) groups is 1. The van der Waals surface area contributed by atoms with Crippen molar-refractivity contribution in [3.63, 3.8) is 0 Å². The largest absolute Gasteiger partial charge is 0.353 e. The van der Waals surface area contributed by atoms with Crippen LogP contribution in [0.4, 0.5) is 0 Å². The van der Waals surface area contributed by atoms with E-state index in [4.69, 9.17) is 0 Å². The average molecular weight is 367 g/mol. The normalized spacial score (nSPS) is 11.5. The minimum Gasteiger partial charge on any atom is -0.353 e. The number of hydrogen-bond acceptors (Lipinski definition) is 2. The van der Waals surface area contributed by atoms with Gasteiger partial charge in [-0.2, -0.15) is 0 Å². The molecule has 0 radical (unpaired) electrons. The molecule has 3 heteroatoms. The molecule has 0 heterocycles. The quantitative estimate of drug-likeness (QED) is 0.221. The van der Waals surface area contributed by atoms with Crippen molar-refractivity contribution < 1.29 is 4.79 Å². The van der Waals surface area contributed by atoms with Crippen molar-refractivity contribution in [2.24, 2.45) is 0 Å². The maximum absolute atomic E-state index is 11.6. The highest BCUT2D eigenvalue weighted by Gasteiger charge is 1.96. The molecule has 0 aromatic carbocycles. The SMILES string of the molecule is CCCCCCCCCCCCCCCC=CC(=O)NCCCN(C)C. The van der Waals surface area contributed by atoms with Gasteiger partial charge in [0.25, 0.3) is 0 Å². The van der Waals surface area contributed by atoms with E-state index in [1.807, 2.05) is 6.08 Å². The molecule has 0 rings (SSSR count). The van der Waals surface area contributed by atoms with Crippen molar-refractivity contribution in [1.29, 1.82) is 0 Å². The van der Waals surface area contributed by atoms with Crippen LogP contribution in [0.2, 0.25) is 0 Å². The maximum Gasteiger partial charge on any atom is 0.243 e. The van der Waals surface area contributed by atoms with Gasteiger partial charge in [-0.15, -0.1) is 0 Å². The second-order valence-electron chi connectivity index (χ2n) is 7.88. The molecular formula is C23H46N2O. The van der Waals surface area contributed by atoms with Crippen LogP contribution in [0.25, 0.3) is 0 Å². The summed E-state index contributed by atoms with van der Waals surface area (Å²) in [6, 6.07) is 0. The van der Waals surface area contributed by atoms with Crippen LogP contribution in [0.5, 0.6) is 0 Å². The molecule has 0 spiro atoms. The van der Waals surface area contributed by atoms with Crippen LogP contribution in [0.3, 0.4) is 0 Å². The molecule has 0 aliphatic rings. The van der Waals surface area contributed by atoms with Crippen LogP contribution in [-0.4, -0.2) is 38.0 Å². The van der Waals surface area contributed by atoms with Gasteiger partial charge in [0, 0.05) is 6.54 Å². The molecule has 3 nitrogen and oxygen atoms in total. The van der Waals surface area contributed by atoms with Crippen molar-refractivity contribution in [2.75, 3.05) is 27.2 Å². The van der Waals surface area contributed by atoms with Crippen molar-refractivity contribution in [2.45, 2.75) is 103 Å². The van der Waals surface area contributed by atoms with E-state index in [1.54, 1.807) is 6.08 Å². The number of nitrogens with zero attached hydrogens (tertiary/aromatic N) is 1. The molecule has 0 fully saturated rings. The van der Waals surface area contributed by atoms with Gasteiger partial charge >= 0.3 is 0 Å². The lowest BCUT2D eigenvalue weighted by molar-refractivity contribution is -0.116. The zero-order chi connectivity index (χ0) is 19.3. The number of carbonyl (C=O) groups excluding carboxylic acids is 1. The zero-order valence-corrected chi connectivity index (χ0v) is 18.0. The summed E-state index contributed by atoms with van der Waals surface area (Å²) in [5, 5.41) is 2.94. The number of unbranched alkanes of at least 4 members (excludes halogenated alkanes) is 13. The first-order valence-electron chi connectivity index (χ1n) is 11.3. The highest BCUT2D eigenvalue weighted by atomic mass is 16.1. The molecular weight excluding hydrogens is 320 g/mol. The van der Waals surface area contributed by atoms with Crippen molar-refractivity contribution in [3.05, 3.63) is 12.2 Å². The molecule has 0 saturated heterocycles. The van der Waals surface area contributed by atoms with Crippen molar-refractivity contribution in [3.8, 4) is 0 Å². The molecule has 0 aliphatic carbocycles. The van der Waals surface area contributed by atoms with Crippen molar-refractivity contribution >= 4 is 5.91 Å². The van der Waals surface area contributed by atoms with E-state index in [2.05, 4.69) is 31.2 Å². The summed E-state index contributed by atoms with van der Waals surface area (Å²) in [5.74, 6) is 0.0541. The smallest absolute Gasteiger partial charge is 0.243 e. The molecule has 0 saturated carbocycles. The molecule has 0 unspecified atom stereocenters. The van der Waals surface area contributed by atoms with Crippen LogP contribution in [0.15, 0.2) is 12.2 Å². The first kappa shape index (κ1) is 25.2. The molecule has 1 amide bonds. The summed E-state index contributed by atoms with van der Waals surface area (Å²) in [5.41, 5.74) is 0. The summed E-state index contributed by atoms with van der Waals surface area (Å²) < 4.78 is 0. The van der Waals surface area contributed by atoms with E-state index in [9.17, 15) is 4.79 Å². The van der Waals surface area contributed by atoms with Crippen LogP contribution >= 0.6 is 0 Å².